The zero-order valence-electron chi connectivity index (χ0n) is 9.86. The molecular weight excluding hydrogens is 251 g/mol. The molecule has 2 unspecified atom stereocenters. The highest BCUT2D eigenvalue weighted by Crippen LogP contribution is 2.53. The second kappa shape index (κ2) is 4.08. The van der Waals surface area contributed by atoms with E-state index in [-0.39, 0.29) is 11.9 Å². The number of ether oxygens (including phenoxy) is 1. The maximum absolute atomic E-state index is 13.0. The van der Waals surface area contributed by atoms with E-state index in [0.29, 0.717) is 5.02 Å². The third kappa shape index (κ3) is 1.64. The summed E-state index contributed by atoms with van der Waals surface area (Å²) in [6, 6.07) is 14.0. The molecule has 0 aromatic heterocycles. The molecule has 1 saturated heterocycles. The second-order valence-electron chi connectivity index (χ2n) is 4.48. The Morgan fingerprint density at radius 3 is 2.28 bits per heavy atom. The Hall–Kier alpha value is -1.38. The Morgan fingerprint density at radius 1 is 1.11 bits per heavy atom. The van der Waals surface area contributed by atoms with Gasteiger partial charge in [0.05, 0.1) is 6.10 Å². The zero-order chi connectivity index (χ0) is 12.8. The number of epoxide rings is 1. The Kier molecular flexibility index (Phi) is 2.65. The first-order valence-corrected chi connectivity index (χ1v) is 6.21. The second-order valence-corrected chi connectivity index (χ2v) is 4.89. The van der Waals surface area contributed by atoms with Gasteiger partial charge in [-0.25, -0.2) is 4.39 Å². The average molecular weight is 263 g/mol. The van der Waals surface area contributed by atoms with Gasteiger partial charge in [0.15, 0.2) is 0 Å². The van der Waals surface area contributed by atoms with Crippen molar-refractivity contribution in [3.63, 3.8) is 0 Å². The third-order valence-electron chi connectivity index (χ3n) is 3.42. The SMILES string of the molecule is CC1OC1(c1ccc(F)cc1)c1ccccc1Cl. The topological polar surface area (TPSA) is 12.5 Å². The molecule has 1 aliphatic rings. The molecule has 0 N–H and O–H groups in total. The summed E-state index contributed by atoms with van der Waals surface area (Å²) in [5, 5.41) is 0.672. The van der Waals surface area contributed by atoms with Gasteiger partial charge in [-0.15, -0.1) is 0 Å². The molecule has 92 valence electrons. The Morgan fingerprint density at radius 2 is 1.72 bits per heavy atom. The van der Waals surface area contributed by atoms with E-state index in [1.807, 2.05) is 31.2 Å². The first-order valence-electron chi connectivity index (χ1n) is 5.83. The molecule has 2 aromatic rings. The molecule has 2 aromatic carbocycles. The number of rotatable bonds is 2. The van der Waals surface area contributed by atoms with Gasteiger partial charge in [0.25, 0.3) is 0 Å². The van der Waals surface area contributed by atoms with Gasteiger partial charge >= 0.3 is 0 Å². The van der Waals surface area contributed by atoms with Crippen molar-refractivity contribution in [1.29, 1.82) is 0 Å². The number of hydrogen-bond donors (Lipinski definition) is 0. The van der Waals surface area contributed by atoms with Crippen molar-refractivity contribution in [1.82, 2.24) is 0 Å². The van der Waals surface area contributed by atoms with Crippen LogP contribution >= 0.6 is 11.6 Å². The van der Waals surface area contributed by atoms with Gasteiger partial charge in [0, 0.05) is 10.6 Å². The normalized spacial score (nSPS) is 26.1. The molecule has 3 rings (SSSR count). The largest absolute Gasteiger partial charge is 0.356 e. The van der Waals surface area contributed by atoms with Gasteiger partial charge in [0.2, 0.25) is 0 Å². The molecule has 1 nitrogen and oxygen atoms in total. The predicted octanol–water partition coefficient (Wildman–Crippen LogP) is 4.14. The van der Waals surface area contributed by atoms with Crippen LogP contribution in [0.15, 0.2) is 48.5 Å². The predicted molar refractivity (Wildman–Crippen MR) is 69.2 cm³/mol. The van der Waals surface area contributed by atoms with Crippen molar-refractivity contribution < 1.29 is 9.13 Å². The van der Waals surface area contributed by atoms with Crippen LogP contribution in [0.2, 0.25) is 5.02 Å². The van der Waals surface area contributed by atoms with Crippen LogP contribution in [-0.4, -0.2) is 6.10 Å². The first-order chi connectivity index (χ1) is 8.64. The van der Waals surface area contributed by atoms with E-state index in [0.717, 1.165) is 11.1 Å². The Balaban J connectivity index is 2.12. The minimum absolute atomic E-state index is 0.0443. The quantitative estimate of drug-likeness (QED) is 0.741. The van der Waals surface area contributed by atoms with Crippen LogP contribution in [0.4, 0.5) is 4.39 Å². The Bertz CT molecular complexity index is 581. The van der Waals surface area contributed by atoms with Crippen LogP contribution in [0.5, 0.6) is 0 Å². The van der Waals surface area contributed by atoms with Crippen LogP contribution in [0.1, 0.15) is 18.1 Å². The van der Waals surface area contributed by atoms with Gasteiger partial charge in [-0.2, -0.15) is 0 Å². The van der Waals surface area contributed by atoms with Crippen LogP contribution in [0.3, 0.4) is 0 Å². The number of halogens is 2. The minimum Gasteiger partial charge on any atom is -0.356 e. The lowest BCUT2D eigenvalue weighted by Crippen LogP contribution is -2.14. The molecule has 0 bridgehead atoms. The lowest BCUT2D eigenvalue weighted by Gasteiger charge is -2.15. The fraction of sp³-hybridized carbons (Fsp3) is 0.200. The summed E-state index contributed by atoms with van der Waals surface area (Å²) in [6.45, 7) is 1.99. The molecule has 0 aliphatic carbocycles. The molecule has 0 amide bonds. The van der Waals surface area contributed by atoms with Crippen molar-refractivity contribution in [3.8, 4) is 0 Å². The molecule has 1 fully saturated rings. The van der Waals surface area contributed by atoms with Gasteiger partial charge in [-0.05, 0) is 30.7 Å². The maximum atomic E-state index is 13.0. The third-order valence-corrected chi connectivity index (χ3v) is 3.75. The molecule has 0 saturated carbocycles. The van der Waals surface area contributed by atoms with E-state index < -0.39 is 5.60 Å². The molecule has 0 radical (unpaired) electrons. The lowest BCUT2D eigenvalue weighted by atomic mass is 9.88. The highest BCUT2D eigenvalue weighted by Gasteiger charge is 2.57. The van der Waals surface area contributed by atoms with E-state index in [9.17, 15) is 4.39 Å². The smallest absolute Gasteiger partial charge is 0.146 e. The van der Waals surface area contributed by atoms with Crippen molar-refractivity contribution in [2.45, 2.75) is 18.6 Å². The maximum Gasteiger partial charge on any atom is 0.146 e. The molecule has 0 spiro atoms. The molecule has 2 atom stereocenters. The van der Waals surface area contributed by atoms with E-state index in [4.69, 9.17) is 16.3 Å². The van der Waals surface area contributed by atoms with Crippen LogP contribution < -0.4 is 0 Å². The first kappa shape index (κ1) is 11.7. The highest BCUT2D eigenvalue weighted by molar-refractivity contribution is 6.31. The molecule has 1 heterocycles. The van der Waals surface area contributed by atoms with Crippen molar-refractivity contribution in [2.24, 2.45) is 0 Å². The van der Waals surface area contributed by atoms with Crippen LogP contribution in [-0.2, 0) is 10.3 Å². The number of benzene rings is 2. The van der Waals surface area contributed by atoms with Gasteiger partial charge < -0.3 is 4.74 Å². The summed E-state index contributed by atoms with van der Waals surface area (Å²) in [5.41, 5.74) is 1.35. The fourth-order valence-corrected chi connectivity index (χ4v) is 2.72. The monoisotopic (exact) mass is 262 g/mol. The van der Waals surface area contributed by atoms with E-state index in [2.05, 4.69) is 0 Å². The van der Waals surface area contributed by atoms with Gasteiger partial charge in [-0.3, -0.25) is 0 Å². The fourth-order valence-electron chi connectivity index (χ4n) is 2.45. The molecule has 1 aliphatic heterocycles. The van der Waals surface area contributed by atoms with Crippen molar-refractivity contribution >= 4 is 11.6 Å². The van der Waals surface area contributed by atoms with E-state index >= 15 is 0 Å². The highest BCUT2D eigenvalue weighted by atomic mass is 35.5. The van der Waals surface area contributed by atoms with E-state index in [1.165, 1.54) is 12.1 Å². The lowest BCUT2D eigenvalue weighted by molar-refractivity contribution is 0.332. The summed E-state index contributed by atoms with van der Waals surface area (Å²) in [5.74, 6) is -0.249. The average Bonchev–Trinajstić information content (AvgIpc) is 3.03. The summed E-state index contributed by atoms with van der Waals surface area (Å²) in [4.78, 5) is 0. The van der Waals surface area contributed by atoms with Gasteiger partial charge in [-0.1, -0.05) is 41.9 Å². The Labute approximate surface area is 110 Å². The molecular formula is C15H12ClFO. The summed E-state index contributed by atoms with van der Waals surface area (Å²) >= 11 is 6.24. The summed E-state index contributed by atoms with van der Waals surface area (Å²) in [6.07, 6.45) is 0.0443. The van der Waals surface area contributed by atoms with E-state index in [1.54, 1.807) is 12.1 Å². The summed E-state index contributed by atoms with van der Waals surface area (Å²) < 4.78 is 18.8. The van der Waals surface area contributed by atoms with Crippen molar-refractivity contribution in [3.05, 3.63) is 70.5 Å². The van der Waals surface area contributed by atoms with Crippen molar-refractivity contribution in [2.75, 3.05) is 0 Å². The zero-order valence-corrected chi connectivity index (χ0v) is 10.6. The molecule has 3 heteroatoms. The standard InChI is InChI=1S/C15H12ClFO/c1-10-15(18-10,11-6-8-12(17)9-7-11)13-4-2-3-5-14(13)16/h2-10H,1H3. The minimum atomic E-state index is -0.522. The van der Waals surface area contributed by atoms with Gasteiger partial charge in [0.1, 0.15) is 11.4 Å². The summed E-state index contributed by atoms with van der Waals surface area (Å²) in [7, 11) is 0. The van der Waals surface area contributed by atoms with Crippen LogP contribution in [0.25, 0.3) is 0 Å². The molecule has 18 heavy (non-hydrogen) atoms. The van der Waals surface area contributed by atoms with Crippen LogP contribution in [0, 0.1) is 5.82 Å². The number of hydrogen-bond acceptors (Lipinski definition) is 1.